The Morgan fingerprint density at radius 3 is 2.00 bits per heavy atom. The van der Waals surface area contributed by atoms with E-state index in [0.717, 1.165) is 16.8 Å². The zero-order valence-corrected chi connectivity index (χ0v) is 13.1. The lowest BCUT2D eigenvalue weighted by atomic mass is 10.1. The number of rotatable bonds is 2. The molecule has 0 aromatic heterocycles. The molecule has 2 aromatic rings. The van der Waals surface area contributed by atoms with E-state index >= 15 is 0 Å². The van der Waals surface area contributed by atoms with Crippen LogP contribution >= 0.6 is 23.2 Å². The van der Waals surface area contributed by atoms with Crippen LogP contribution in [0, 0.1) is 13.8 Å². The molecule has 2 rings (SSSR count). The number of amides is 2. The summed E-state index contributed by atoms with van der Waals surface area (Å²) in [6.45, 7) is 3.77. The topological polar surface area (TPSA) is 67.1 Å². The Labute approximate surface area is 133 Å². The molecule has 0 heterocycles. The molecule has 0 saturated carbocycles. The number of hydrogen-bond donors (Lipinski definition) is 3. The number of aryl methyl sites for hydroxylation is 2. The SMILES string of the molecule is Cc1cc(N)cc(C)c1NC(=O)Nc1cc(Cl)cc(Cl)c1. The number of nitrogens with one attached hydrogen (secondary N) is 2. The Morgan fingerprint density at radius 2 is 1.48 bits per heavy atom. The molecule has 0 bridgehead atoms. The van der Waals surface area contributed by atoms with Gasteiger partial charge in [-0.2, -0.15) is 0 Å². The quantitative estimate of drug-likeness (QED) is 0.692. The first-order valence-corrected chi connectivity index (χ1v) is 7.01. The van der Waals surface area contributed by atoms with Crippen molar-refractivity contribution in [1.82, 2.24) is 0 Å². The normalized spacial score (nSPS) is 10.3. The van der Waals surface area contributed by atoms with E-state index in [1.165, 1.54) is 0 Å². The molecule has 0 atom stereocenters. The van der Waals surface area contributed by atoms with Gasteiger partial charge in [-0.05, 0) is 55.3 Å². The first-order valence-electron chi connectivity index (χ1n) is 6.26. The molecule has 0 aliphatic rings. The van der Waals surface area contributed by atoms with Crippen molar-refractivity contribution >= 4 is 46.3 Å². The number of urea groups is 1. The van der Waals surface area contributed by atoms with Crippen molar-refractivity contribution in [2.45, 2.75) is 13.8 Å². The van der Waals surface area contributed by atoms with Crippen LogP contribution in [-0.2, 0) is 0 Å². The van der Waals surface area contributed by atoms with E-state index in [1.54, 1.807) is 30.3 Å². The maximum Gasteiger partial charge on any atom is 0.323 e. The van der Waals surface area contributed by atoms with E-state index in [2.05, 4.69) is 10.6 Å². The van der Waals surface area contributed by atoms with Crippen LogP contribution in [-0.4, -0.2) is 6.03 Å². The molecular formula is C15H15Cl2N3O. The lowest BCUT2D eigenvalue weighted by molar-refractivity contribution is 0.262. The van der Waals surface area contributed by atoms with Gasteiger partial charge in [-0.25, -0.2) is 4.79 Å². The van der Waals surface area contributed by atoms with Crippen molar-refractivity contribution in [3.8, 4) is 0 Å². The molecule has 0 fully saturated rings. The maximum absolute atomic E-state index is 12.1. The smallest absolute Gasteiger partial charge is 0.323 e. The fraction of sp³-hybridized carbons (Fsp3) is 0.133. The van der Waals surface area contributed by atoms with Crippen LogP contribution < -0.4 is 16.4 Å². The minimum Gasteiger partial charge on any atom is -0.399 e. The van der Waals surface area contributed by atoms with Gasteiger partial charge in [-0.3, -0.25) is 0 Å². The molecule has 2 amide bonds. The van der Waals surface area contributed by atoms with Crippen molar-refractivity contribution < 1.29 is 4.79 Å². The lowest BCUT2D eigenvalue weighted by Crippen LogP contribution is -2.20. The summed E-state index contributed by atoms with van der Waals surface area (Å²) >= 11 is 11.8. The van der Waals surface area contributed by atoms with Gasteiger partial charge in [0.15, 0.2) is 0 Å². The zero-order valence-electron chi connectivity index (χ0n) is 11.6. The predicted octanol–water partition coefficient (Wildman–Crippen LogP) is 4.84. The van der Waals surface area contributed by atoms with Crippen LogP contribution in [0.1, 0.15) is 11.1 Å². The second-order valence-corrected chi connectivity index (χ2v) is 5.64. The molecule has 2 aromatic carbocycles. The van der Waals surface area contributed by atoms with Crippen LogP contribution in [0.2, 0.25) is 10.0 Å². The average Bonchev–Trinajstić information content (AvgIpc) is 2.32. The van der Waals surface area contributed by atoms with Gasteiger partial charge in [0.05, 0.1) is 0 Å². The molecular weight excluding hydrogens is 309 g/mol. The molecule has 0 radical (unpaired) electrons. The molecule has 6 heteroatoms. The Bertz CT molecular complexity index is 658. The van der Waals surface area contributed by atoms with Gasteiger partial charge in [0.1, 0.15) is 0 Å². The Morgan fingerprint density at radius 1 is 0.952 bits per heavy atom. The average molecular weight is 324 g/mol. The van der Waals surface area contributed by atoms with E-state index in [1.807, 2.05) is 13.8 Å². The number of carbonyl (C=O) groups excluding carboxylic acids is 1. The van der Waals surface area contributed by atoms with Gasteiger partial charge in [0, 0.05) is 27.1 Å². The third-order valence-electron chi connectivity index (χ3n) is 2.91. The third kappa shape index (κ3) is 4.03. The van der Waals surface area contributed by atoms with E-state index < -0.39 is 0 Å². The number of hydrogen-bond acceptors (Lipinski definition) is 2. The Kier molecular flexibility index (Phi) is 4.60. The fourth-order valence-corrected chi connectivity index (χ4v) is 2.62. The van der Waals surface area contributed by atoms with E-state index in [9.17, 15) is 4.79 Å². The molecule has 110 valence electrons. The van der Waals surface area contributed by atoms with Gasteiger partial charge >= 0.3 is 6.03 Å². The largest absolute Gasteiger partial charge is 0.399 e. The summed E-state index contributed by atoms with van der Waals surface area (Å²) in [5, 5.41) is 6.40. The molecule has 0 aliphatic heterocycles. The highest BCUT2D eigenvalue weighted by molar-refractivity contribution is 6.35. The highest BCUT2D eigenvalue weighted by atomic mass is 35.5. The minimum atomic E-state index is -0.371. The number of carbonyl (C=O) groups is 1. The predicted molar refractivity (Wildman–Crippen MR) is 89.4 cm³/mol. The minimum absolute atomic E-state index is 0.371. The summed E-state index contributed by atoms with van der Waals surface area (Å²) in [4.78, 5) is 12.1. The van der Waals surface area contributed by atoms with Crippen LogP contribution in [0.15, 0.2) is 30.3 Å². The Balaban J connectivity index is 2.15. The van der Waals surface area contributed by atoms with Gasteiger partial charge in [0.2, 0.25) is 0 Å². The molecule has 0 unspecified atom stereocenters. The van der Waals surface area contributed by atoms with Crippen molar-refractivity contribution in [2.24, 2.45) is 0 Å². The highest BCUT2D eigenvalue weighted by Gasteiger charge is 2.09. The van der Waals surface area contributed by atoms with E-state index in [0.29, 0.717) is 21.4 Å². The van der Waals surface area contributed by atoms with Gasteiger partial charge in [-0.15, -0.1) is 0 Å². The summed E-state index contributed by atoms with van der Waals surface area (Å²) < 4.78 is 0. The third-order valence-corrected chi connectivity index (χ3v) is 3.35. The number of nitrogen functional groups attached to an aromatic ring is 1. The van der Waals surface area contributed by atoms with E-state index in [-0.39, 0.29) is 6.03 Å². The van der Waals surface area contributed by atoms with Gasteiger partial charge in [-0.1, -0.05) is 23.2 Å². The number of anilines is 3. The van der Waals surface area contributed by atoms with Crippen molar-refractivity contribution in [1.29, 1.82) is 0 Å². The Hall–Kier alpha value is -1.91. The zero-order chi connectivity index (χ0) is 15.6. The van der Waals surface area contributed by atoms with Crippen LogP contribution in [0.4, 0.5) is 21.9 Å². The summed E-state index contributed by atoms with van der Waals surface area (Å²) in [6, 6.07) is 8.08. The summed E-state index contributed by atoms with van der Waals surface area (Å²) in [5.74, 6) is 0. The fourth-order valence-electron chi connectivity index (χ4n) is 2.10. The second kappa shape index (κ2) is 6.24. The molecule has 4 N–H and O–H groups in total. The summed E-state index contributed by atoms with van der Waals surface area (Å²) in [6.07, 6.45) is 0. The number of nitrogens with two attached hydrogens (primary N) is 1. The molecule has 0 saturated heterocycles. The second-order valence-electron chi connectivity index (χ2n) is 4.77. The van der Waals surface area contributed by atoms with Crippen molar-refractivity contribution in [2.75, 3.05) is 16.4 Å². The first-order chi connectivity index (χ1) is 9.85. The van der Waals surface area contributed by atoms with E-state index in [4.69, 9.17) is 28.9 Å². The number of halogens is 2. The summed E-state index contributed by atoms with van der Waals surface area (Å²) in [5.41, 5.74) is 9.47. The maximum atomic E-state index is 12.1. The standard InChI is InChI=1S/C15H15Cl2N3O/c1-8-3-12(18)4-9(2)14(8)20-15(21)19-13-6-10(16)5-11(17)7-13/h3-7H,18H2,1-2H3,(H2,19,20,21). The molecule has 0 aliphatic carbocycles. The summed E-state index contributed by atoms with van der Waals surface area (Å²) in [7, 11) is 0. The highest BCUT2D eigenvalue weighted by Crippen LogP contribution is 2.25. The number of benzene rings is 2. The first kappa shape index (κ1) is 15.5. The monoisotopic (exact) mass is 323 g/mol. The van der Waals surface area contributed by atoms with Crippen LogP contribution in [0.25, 0.3) is 0 Å². The van der Waals surface area contributed by atoms with Crippen molar-refractivity contribution in [3.63, 3.8) is 0 Å². The molecule has 4 nitrogen and oxygen atoms in total. The van der Waals surface area contributed by atoms with Crippen LogP contribution in [0.5, 0.6) is 0 Å². The van der Waals surface area contributed by atoms with Crippen molar-refractivity contribution in [3.05, 3.63) is 51.5 Å². The van der Waals surface area contributed by atoms with Gasteiger partial charge < -0.3 is 16.4 Å². The molecule has 21 heavy (non-hydrogen) atoms. The molecule has 0 spiro atoms. The van der Waals surface area contributed by atoms with Crippen LogP contribution in [0.3, 0.4) is 0 Å². The lowest BCUT2D eigenvalue weighted by Gasteiger charge is -2.13. The van der Waals surface area contributed by atoms with Gasteiger partial charge in [0.25, 0.3) is 0 Å².